The predicted molar refractivity (Wildman–Crippen MR) is 97.0 cm³/mol. The van der Waals surface area contributed by atoms with Gasteiger partial charge in [0, 0.05) is 7.11 Å². The summed E-state index contributed by atoms with van der Waals surface area (Å²) in [5.74, 6) is 2.30. The van der Waals surface area contributed by atoms with Crippen molar-refractivity contribution in [3.05, 3.63) is 41.0 Å². The normalized spacial score (nSPS) is 23.8. The maximum Gasteiger partial charge on any atom is 0.122 e. The molecule has 0 aromatic heterocycles. The first-order valence-corrected chi connectivity index (χ1v) is 8.64. The molecule has 1 saturated carbocycles. The summed E-state index contributed by atoms with van der Waals surface area (Å²) in [7, 11) is 3.49. The first-order chi connectivity index (χ1) is 10.8. The van der Waals surface area contributed by atoms with Crippen LogP contribution < -0.4 is 4.74 Å². The van der Waals surface area contributed by atoms with Crippen LogP contribution in [0, 0.1) is 24.2 Å². The number of ether oxygens (including phenoxy) is 2. The summed E-state index contributed by atoms with van der Waals surface area (Å²) in [5.41, 5.74) is 5.42. The number of rotatable bonds is 5. The van der Waals surface area contributed by atoms with Gasteiger partial charge in [0.05, 0.1) is 13.7 Å². The molecule has 1 aliphatic rings. The molecule has 0 radical (unpaired) electrons. The van der Waals surface area contributed by atoms with Crippen LogP contribution in [0.5, 0.6) is 5.75 Å². The molecule has 2 atom stereocenters. The lowest BCUT2D eigenvalue weighted by Gasteiger charge is -2.45. The van der Waals surface area contributed by atoms with Crippen LogP contribution in [0.15, 0.2) is 24.3 Å². The first kappa shape index (κ1) is 18.1. The molecule has 0 N–H and O–H groups in total. The predicted octanol–water partition coefficient (Wildman–Crippen LogP) is 5.32. The van der Waals surface area contributed by atoms with E-state index in [-0.39, 0.29) is 5.41 Å². The highest BCUT2D eigenvalue weighted by molar-refractivity contribution is 5.43. The van der Waals surface area contributed by atoms with Crippen molar-refractivity contribution < 1.29 is 9.47 Å². The van der Waals surface area contributed by atoms with E-state index < -0.39 is 0 Å². The fraction of sp³-hybridized carbons (Fsp3) is 0.619. The number of hydrogen-bond donors (Lipinski definition) is 0. The summed E-state index contributed by atoms with van der Waals surface area (Å²) in [6.45, 7) is 14.3. The van der Waals surface area contributed by atoms with Gasteiger partial charge in [-0.25, -0.2) is 0 Å². The van der Waals surface area contributed by atoms with Crippen LogP contribution in [-0.2, 0) is 17.8 Å². The van der Waals surface area contributed by atoms with Gasteiger partial charge in [0.25, 0.3) is 0 Å². The average molecular weight is 316 g/mol. The van der Waals surface area contributed by atoms with Crippen molar-refractivity contribution in [2.45, 2.75) is 53.6 Å². The Bertz CT molecular complexity index is 571. The van der Waals surface area contributed by atoms with E-state index in [4.69, 9.17) is 9.47 Å². The molecule has 1 aliphatic carbocycles. The SMILES string of the molecule is C=C1CCC(C)C(Cc2cc(COC)cc(OC)c2C)C1(C)C. The van der Waals surface area contributed by atoms with Crippen LogP contribution in [0.25, 0.3) is 0 Å². The molecular formula is C21H32O2. The molecule has 1 aromatic rings. The quantitative estimate of drug-likeness (QED) is 0.684. The molecule has 23 heavy (non-hydrogen) atoms. The zero-order valence-electron chi connectivity index (χ0n) is 15.7. The van der Waals surface area contributed by atoms with Gasteiger partial charge in [0.15, 0.2) is 0 Å². The van der Waals surface area contributed by atoms with Gasteiger partial charge in [-0.1, -0.05) is 39.0 Å². The minimum Gasteiger partial charge on any atom is -0.496 e. The van der Waals surface area contributed by atoms with E-state index in [0.717, 1.165) is 18.6 Å². The molecule has 0 spiro atoms. The van der Waals surface area contributed by atoms with E-state index in [0.29, 0.717) is 18.4 Å². The number of benzene rings is 1. The molecule has 2 heteroatoms. The highest BCUT2D eigenvalue weighted by Gasteiger charge is 2.39. The molecule has 1 fully saturated rings. The van der Waals surface area contributed by atoms with Crippen molar-refractivity contribution in [2.75, 3.05) is 14.2 Å². The topological polar surface area (TPSA) is 18.5 Å². The lowest BCUT2D eigenvalue weighted by atomic mass is 9.60. The number of methoxy groups -OCH3 is 2. The second-order valence-electron chi connectivity index (χ2n) is 7.67. The van der Waals surface area contributed by atoms with Crippen LogP contribution in [0.3, 0.4) is 0 Å². The third-order valence-electron chi connectivity index (χ3n) is 5.92. The summed E-state index contributed by atoms with van der Waals surface area (Å²) >= 11 is 0. The average Bonchev–Trinajstić information content (AvgIpc) is 2.50. The van der Waals surface area contributed by atoms with Crippen molar-refractivity contribution in [3.63, 3.8) is 0 Å². The Morgan fingerprint density at radius 1 is 1.26 bits per heavy atom. The maximum absolute atomic E-state index is 5.59. The Morgan fingerprint density at radius 3 is 2.57 bits per heavy atom. The summed E-state index contributed by atoms with van der Waals surface area (Å²) in [6.07, 6.45) is 3.49. The molecule has 1 aromatic carbocycles. The Balaban J connectivity index is 2.37. The third kappa shape index (κ3) is 3.63. The van der Waals surface area contributed by atoms with Gasteiger partial charge < -0.3 is 9.47 Å². The summed E-state index contributed by atoms with van der Waals surface area (Å²) in [4.78, 5) is 0. The fourth-order valence-corrected chi connectivity index (χ4v) is 4.07. The lowest BCUT2D eigenvalue weighted by molar-refractivity contribution is 0.141. The van der Waals surface area contributed by atoms with Crippen molar-refractivity contribution in [3.8, 4) is 5.75 Å². The number of allylic oxidation sites excluding steroid dienone is 1. The van der Waals surface area contributed by atoms with E-state index in [1.54, 1.807) is 14.2 Å². The van der Waals surface area contributed by atoms with E-state index in [9.17, 15) is 0 Å². The lowest BCUT2D eigenvalue weighted by Crippen LogP contribution is -2.36. The van der Waals surface area contributed by atoms with E-state index in [1.165, 1.54) is 28.7 Å². The van der Waals surface area contributed by atoms with Crippen LogP contribution >= 0.6 is 0 Å². The largest absolute Gasteiger partial charge is 0.496 e. The van der Waals surface area contributed by atoms with Crippen LogP contribution in [0.2, 0.25) is 0 Å². The molecule has 2 rings (SSSR count). The van der Waals surface area contributed by atoms with Crippen molar-refractivity contribution >= 4 is 0 Å². The van der Waals surface area contributed by atoms with Crippen molar-refractivity contribution in [1.82, 2.24) is 0 Å². The zero-order valence-corrected chi connectivity index (χ0v) is 15.7. The Kier molecular flexibility index (Phi) is 5.57. The van der Waals surface area contributed by atoms with Crippen LogP contribution in [-0.4, -0.2) is 14.2 Å². The monoisotopic (exact) mass is 316 g/mol. The zero-order chi connectivity index (χ0) is 17.2. The highest BCUT2D eigenvalue weighted by Crippen LogP contribution is 2.48. The maximum atomic E-state index is 5.59. The third-order valence-corrected chi connectivity index (χ3v) is 5.92. The molecular weight excluding hydrogens is 284 g/mol. The van der Waals surface area contributed by atoms with Gasteiger partial charge in [0.1, 0.15) is 5.75 Å². The van der Waals surface area contributed by atoms with Gasteiger partial charge in [0.2, 0.25) is 0 Å². The summed E-state index contributed by atoms with van der Waals surface area (Å²) in [5, 5.41) is 0. The minimum atomic E-state index is 0.189. The van der Waals surface area contributed by atoms with Crippen LogP contribution in [0.1, 0.15) is 50.3 Å². The standard InChI is InChI=1S/C21H32O2/c1-14-8-9-15(2)21(4,5)19(14)12-18-10-17(13-22-6)11-20(23-7)16(18)3/h10-11,14,19H,2,8-9,12-13H2,1,3-7H3. The summed E-state index contributed by atoms with van der Waals surface area (Å²) in [6, 6.07) is 4.39. The molecule has 2 nitrogen and oxygen atoms in total. The molecule has 0 heterocycles. The second kappa shape index (κ2) is 7.09. The van der Waals surface area contributed by atoms with Gasteiger partial charge in [-0.2, -0.15) is 0 Å². The Hall–Kier alpha value is -1.28. The number of hydrogen-bond acceptors (Lipinski definition) is 2. The van der Waals surface area contributed by atoms with Crippen molar-refractivity contribution in [2.24, 2.45) is 17.3 Å². The van der Waals surface area contributed by atoms with Gasteiger partial charge in [-0.3, -0.25) is 0 Å². The second-order valence-corrected chi connectivity index (χ2v) is 7.67. The van der Waals surface area contributed by atoms with Crippen LogP contribution in [0.4, 0.5) is 0 Å². The fourth-order valence-electron chi connectivity index (χ4n) is 4.07. The van der Waals surface area contributed by atoms with E-state index in [1.807, 2.05) is 0 Å². The van der Waals surface area contributed by atoms with Gasteiger partial charge >= 0.3 is 0 Å². The Labute approximate surface area is 141 Å². The molecule has 0 aliphatic heterocycles. The van der Waals surface area contributed by atoms with E-state index >= 15 is 0 Å². The van der Waals surface area contributed by atoms with E-state index in [2.05, 4.69) is 46.4 Å². The van der Waals surface area contributed by atoms with Gasteiger partial charge in [-0.05, 0) is 66.2 Å². The van der Waals surface area contributed by atoms with Crippen molar-refractivity contribution in [1.29, 1.82) is 0 Å². The molecule has 0 amide bonds. The summed E-state index contributed by atoms with van der Waals surface area (Å²) < 4.78 is 10.9. The Morgan fingerprint density at radius 2 is 1.96 bits per heavy atom. The molecule has 0 bridgehead atoms. The highest BCUT2D eigenvalue weighted by atomic mass is 16.5. The smallest absolute Gasteiger partial charge is 0.122 e. The first-order valence-electron chi connectivity index (χ1n) is 8.64. The van der Waals surface area contributed by atoms with Gasteiger partial charge in [-0.15, -0.1) is 0 Å². The molecule has 2 unspecified atom stereocenters. The molecule has 0 saturated heterocycles. The minimum absolute atomic E-state index is 0.189. The molecule has 128 valence electrons.